The van der Waals surface area contributed by atoms with E-state index in [4.69, 9.17) is 5.11 Å². The van der Waals surface area contributed by atoms with Crippen molar-refractivity contribution in [1.29, 1.82) is 0 Å². The minimum Gasteiger partial charge on any atom is -0.480 e. The number of fused-ring (bicyclic) bond motifs is 1. The first kappa shape index (κ1) is 12.5. The molecule has 1 amide bonds. The van der Waals surface area contributed by atoms with E-state index in [9.17, 15) is 14.4 Å². The van der Waals surface area contributed by atoms with Crippen LogP contribution in [0.25, 0.3) is 11.2 Å². The Morgan fingerprint density at radius 3 is 2.95 bits per heavy atom. The summed E-state index contributed by atoms with van der Waals surface area (Å²) in [4.78, 5) is 43.3. The Balaban J connectivity index is 2.49. The van der Waals surface area contributed by atoms with Gasteiger partial charge >= 0.3 is 12.1 Å². The van der Waals surface area contributed by atoms with Gasteiger partial charge in [0.2, 0.25) is 5.95 Å². The second-order valence-electron chi connectivity index (χ2n) is 3.47. The van der Waals surface area contributed by atoms with Crippen LogP contribution in [0, 0.1) is 0 Å². The highest BCUT2D eigenvalue weighted by Crippen LogP contribution is 2.07. The molecule has 2 aromatic heterocycles. The Morgan fingerprint density at radius 2 is 2.32 bits per heavy atom. The number of carbonyl (C=O) groups is 2. The molecule has 0 radical (unpaired) electrons. The SMILES string of the molecule is COC(=O)Nc1nc2c(ncn2CC(=O)O)c(=O)[nH]1. The molecular formula is C9H9N5O5. The summed E-state index contributed by atoms with van der Waals surface area (Å²) in [5.41, 5.74) is -0.560. The molecule has 100 valence electrons. The molecule has 19 heavy (non-hydrogen) atoms. The number of hydrogen-bond acceptors (Lipinski definition) is 6. The van der Waals surface area contributed by atoms with Crippen molar-refractivity contribution in [3.63, 3.8) is 0 Å². The van der Waals surface area contributed by atoms with Gasteiger partial charge in [-0.15, -0.1) is 0 Å². The first-order valence-electron chi connectivity index (χ1n) is 5.03. The lowest BCUT2D eigenvalue weighted by Crippen LogP contribution is -2.19. The zero-order chi connectivity index (χ0) is 14.0. The summed E-state index contributed by atoms with van der Waals surface area (Å²) in [6.07, 6.45) is 0.370. The molecule has 0 saturated heterocycles. The number of carboxylic acid groups (broad SMARTS) is 1. The summed E-state index contributed by atoms with van der Waals surface area (Å²) in [7, 11) is 1.15. The average Bonchev–Trinajstić information content (AvgIpc) is 2.72. The molecular weight excluding hydrogens is 258 g/mol. The predicted octanol–water partition coefficient (Wildman–Crippen LogP) is -0.618. The molecule has 0 fully saturated rings. The second-order valence-corrected chi connectivity index (χ2v) is 3.47. The van der Waals surface area contributed by atoms with E-state index in [1.165, 1.54) is 10.9 Å². The number of amides is 1. The van der Waals surface area contributed by atoms with Gasteiger partial charge in [0.15, 0.2) is 11.2 Å². The molecule has 2 heterocycles. The standard InChI is InChI=1S/C9H9N5O5/c1-19-9(18)13-8-11-6-5(7(17)12-8)10-3-14(6)2-4(15)16/h3H,2H2,1H3,(H,15,16)(H2,11,12,13,17,18). The third-order valence-corrected chi connectivity index (χ3v) is 2.19. The maximum absolute atomic E-state index is 11.7. The Morgan fingerprint density at radius 1 is 1.58 bits per heavy atom. The van der Waals surface area contributed by atoms with Gasteiger partial charge in [-0.25, -0.2) is 9.78 Å². The molecule has 0 atom stereocenters. The number of hydrogen-bond donors (Lipinski definition) is 3. The summed E-state index contributed by atoms with van der Waals surface area (Å²) in [5, 5.41) is 10.9. The summed E-state index contributed by atoms with van der Waals surface area (Å²) >= 11 is 0. The fourth-order valence-corrected chi connectivity index (χ4v) is 1.42. The van der Waals surface area contributed by atoms with Crippen LogP contribution in [0.2, 0.25) is 0 Å². The van der Waals surface area contributed by atoms with E-state index in [2.05, 4.69) is 25.0 Å². The number of anilines is 1. The normalized spacial score (nSPS) is 10.4. The molecule has 0 aliphatic carbocycles. The molecule has 0 saturated carbocycles. The number of methoxy groups -OCH3 is 1. The number of aromatic amines is 1. The van der Waals surface area contributed by atoms with Crippen molar-refractivity contribution in [2.45, 2.75) is 6.54 Å². The Bertz CT molecular complexity index is 703. The van der Waals surface area contributed by atoms with Crippen LogP contribution < -0.4 is 10.9 Å². The average molecular weight is 267 g/mol. The van der Waals surface area contributed by atoms with Crippen molar-refractivity contribution in [1.82, 2.24) is 19.5 Å². The topological polar surface area (TPSA) is 139 Å². The number of ether oxygens (including phenoxy) is 1. The largest absolute Gasteiger partial charge is 0.480 e. The first-order chi connectivity index (χ1) is 9.01. The van der Waals surface area contributed by atoms with Gasteiger partial charge in [0.25, 0.3) is 5.56 Å². The molecule has 0 aromatic carbocycles. The van der Waals surface area contributed by atoms with Crippen molar-refractivity contribution >= 4 is 29.2 Å². The van der Waals surface area contributed by atoms with Crippen molar-refractivity contribution in [3.8, 4) is 0 Å². The molecule has 3 N–H and O–H groups in total. The monoisotopic (exact) mass is 267 g/mol. The minimum absolute atomic E-state index is 0.0170. The first-order valence-corrected chi connectivity index (χ1v) is 5.03. The number of imidazole rings is 1. The van der Waals surface area contributed by atoms with Crippen LogP contribution in [0.3, 0.4) is 0 Å². The zero-order valence-corrected chi connectivity index (χ0v) is 9.71. The number of nitrogens with zero attached hydrogens (tertiary/aromatic N) is 3. The lowest BCUT2D eigenvalue weighted by Gasteiger charge is -2.03. The number of H-pyrrole nitrogens is 1. The van der Waals surface area contributed by atoms with Crippen LogP contribution in [0.5, 0.6) is 0 Å². The molecule has 0 aliphatic rings. The number of nitrogens with one attached hydrogen (secondary N) is 2. The Labute approximate surface area is 105 Å². The lowest BCUT2D eigenvalue weighted by molar-refractivity contribution is -0.137. The maximum Gasteiger partial charge on any atom is 0.413 e. The molecule has 10 nitrogen and oxygen atoms in total. The Hall–Kier alpha value is -2.91. The molecule has 0 bridgehead atoms. The van der Waals surface area contributed by atoms with E-state index in [1.54, 1.807) is 0 Å². The van der Waals surface area contributed by atoms with Gasteiger partial charge in [0.05, 0.1) is 13.4 Å². The van der Waals surface area contributed by atoms with Gasteiger partial charge in [-0.1, -0.05) is 0 Å². The fraction of sp³-hybridized carbons (Fsp3) is 0.222. The number of carbonyl (C=O) groups excluding carboxylic acids is 1. The third-order valence-electron chi connectivity index (χ3n) is 2.19. The minimum atomic E-state index is -1.11. The molecule has 2 rings (SSSR count). The van der Waals surface area contributed by atoms with E-state index in [0.717, 1.165) is 7.11 Å². The van der Waals surface area contributed by atoms with Crippen LogP contribution in [-0.2, 0) is 16.1 Å². The van der Waals surface area contributed by atoms with Crippen LogP contribution in [-0.4, -0.2) is 43.8 Å². The van der Waals surface area contributed by atoms with Gasteiger partial charge in [0, 0.05) is 0 Å². The molecule has 0 spiro atoms. The fourth-order valence-electron chi connectivity index (χ4n) is 1.42. The second kappa shape index (κ2) is 4.76. The van der Waals surface area contributed by atoms with Crippen molar-refractivity contribution in [2.24, 2.45) is 0 Å². The highest BCUT2D eigenvalue weighted by atomic mass is 16.5. The third kappa shape index (κ3) is 2.51. The van der Waals surface area contributed by atoms with E-state index in [-0.39, 0.29) is 17.1 Å². The maximum atomic E-state index is 11.7. The van der Waals surface area contributed by atoms with Gasteiger partial charge in [-0.05, 0) is 0 Å². The van der Waals surface area contributed by atoms with E-state index in [0.29, 0.717) is 0 Å². The zero-order valence-electron chi connectivity index (χ0n) is 9.71. The highest BCUT2D eigenvalue weighted by molar-refractivity contribution is 5.83. The Kier molecular flexibility index (Phi) is 3.14. The van der Waals surface area contributed by atoms with Crippen LogP contribution in [0.15, 0.2) is 11.1 Å². The van der Waals surface area contributed by atoms with E-state index >= 15 is 0 Å². The van der Waals surface area contributed by atoms with Crippen molar-refractivity contribution < 1.29 is 19.4 Å². The van der Waals surface area contributed by atoms with Gasteiger partial charge in [-0.3, -0.25) is 19.9 Å². The van der Waals surface area contributed by atoms with Crippen LogP contribution in [0.4, 0.5) is 10.7 Å². The predicted molar refractivity (Wildman–Crippen MR) is 61.8 cm³/mol. The van der Waals surface area contributed by atoms with Gasteiger partial charge < -0.3 is 14.4 Å². The molecule has 10 heteroatoms. The number of carboxylic acids is 1. The molecule has 0 unspecified atom stereocenters. The number of rotatable bonds is 3. The van der Waals surface area contributed by atoms with Gasteiger partial charge in [0.1, 0.15) is 6.54 Å². The van der Waals surface area contributed by atoms with Crippen molar-refractivity contribution in [2.75, 3.05) is 12.4 Å². The molecule has 0 aliphatic heterocycles. The highest BCUT2D eigenvalue weighted by Gasteiger charge is 2.13. The van der Waals surface area contributed by atoms with Crippen molar-refractivity contribution in [3.05, 3.63) is 16.7 Å². The smallest absolute Gasteiger partial charge is 0.413 e. The lowest BCUT2D eigenvalue weighted by atomic mass is 10.5. The summed E-state index contributed by atoms with van der Waals surface area (Å²) in [5.74, 6) is -1.26. The number of aromatic nitrogens is 4. The van der Waals surface area contributed by atoms with E-state index < -0.39 is 24.2 Å². The summed E-state index contributed by atoms with van der Waals surface area (Å²) in [6.45, 7) is -0.398. The quantitative estimate of drug-likeness (QED) is 0.673. The van der Waals surface area contributed by atoms with E-state index in [1.807, 2.05) is 0 Å². The van der Waals surface area contributed by atoms with Gasteiger partial charge in [-0.2, -0.15) is 4.98 Å². The van der Waals surface area contributed by atoms with Crippen LogP contribution >= 0.6 is 0 Å². The number of aliphatic carboxylic acids is 1. The summed E-state index contributed by atoms with van der Waals surface area (Å²) < 4.78 is 5.53. The summed E-state index contributed by atoms with van der Waals surface area (Å²) in [6, 6.07) is 0. The van der Waals surface area contributed by atoms with Crippen LogP contribution in [0.1, 0.15) is 0 Å². The molecule has 2 aromatic rings.